The van der Waals surface area contributed by atoms with Crippen LogP contribution in [-0.2, 0) is 0 Å². The molecular weight excluding hydrogens is 291 g/mol. The first-order valence-electron chi connectivity index (χ1n) is 6.59. The van der Waals surface area contributed by atoms with Gasteiger partial charge in [-0.3, -0.25) is 4.79 Å². The second kappa shape index (κ2) is 6.59. The molecule has 0 spiro atoms. The minimum atomic E-state index is -0.455. The fraction of sp³-hybridized carbons (Fsp3) is 0.188. The third kappa shape index (κ3) is 3.95. The quantitative estimate of drug-likeness (QED) is 0.870. The summed E-state index contributed by atoms with van der Waals surface area (Å²) in [7, 11) is 0. The maximum Gasteiger partial charge on any atom is 0.257 e. The highest BCUT2D eigenvalue weighted by atomic mass is 35.5. The molecule has 0 saturated heterocycles. The molecule has 0 atom stereocenters. The van der Waals surface area contributed by atoms with Crippen LogP contribution in [0.2, 0.25) is 5.02 Å². The maximum absolute atomic E-state index is 13.2. The average molecular weight is 307 g/mol. The summed E-state index contributed by atoms with van der Waals surface area (Å²) in [5, 5.41) is 6.12. The predicted molar refractivity (Wildman–Crippen MR) is 84.6 cm³/mol. The highest BCUT2D eigenvalue weighted by Gasteiger charge is 2.13. The minimum absolute atomic E-state index is 0.191. The van der Waals surface area contributed by atoms with Crippen molar-refractivity contribution < 1.29 is 9.18 Å². The van der Waals surface area contributed by atoms with Crippen molar-refractivity contribution in [3.05, 3.63) is 58.9 Å². The number of amides is 1. The van der Waals surface area contributed by atoms with E-state index in [4.69, 9.17) is 11.6 Å². The van der Waals surface area contributed by atoms with Crippen molar-refractivity contribution in [3.63, 3.8) is 0 Å². The van der Waals surface area contributed by atoms with Crippen LogP contribution in [0.15, 0.2) is 42.5 Å². The van der Waals surface area contributed by atoms with Crippen LogP contribution in [0.5, 0.6) is 0 Å². The van der Waals surface area contributed by atoms with Crippen molar-refractivity contribution in [1.82, 2.24) is 0 Å². The van der Waals surface area contributed by atoms with Crippen LogP contribution in [0.3, 0.4) is 0 Å². The summed E-state index contributed by atoms with van der Waals surface area (Å²) in [6, 6.07) is 11.2. The third-order valence-corrected chi connectivity index (χ3v) is 3.12. The van der Waals surface area contributed by atoms with E-state index in [-0.39, 0.29) is 17.6 Å². The highest BCUT2D eigenvalue weighted by Crippen LogP contribution is 2.24. The lowest BCUT2D eigenvalue weighted by Crippen LogP contribution is -2.17. The van der Waals surface area contributed by atoms with Crippen LogP contribution in [0.1, 0.15) is 24.2 Å². The van der Waals surface area contributed by atoms with Gasteiger partial charge in [-0.25, -0.2) is 4.39 Å². The van der Waals surface area contributed by atoms with E-state index in [1.807, 2.05) is 26.0 Å². The lowest BCUT2D eigenvalue weighted by atomic mass is 10.1. The molecule has 2 N–H and O–H groups in total. The van der Waals surface area contributed by atoms with E-state index < -0.39 is 5.82 Å². The number of hydrogen-bond acceptors (Lipinski definition) is 2. The summed E-state index contributed by atoms with van der Waals surface area (Å²) in [4.78, 5) is 12.3. The molecule has 2 aromatic carbocycles. The molecule has 2 aromatic rings. The van der Waals surface area contributed by atoms with Gasteiger partial charge >= 0.3 is 0 Å². The SMILES string of the molecule is CC(C)Nc1ccccc1C(=O)Nc1cc(F)ccc1Cl. The van der Waals surface area contributed by atoms with Gasteiger partial charge in [0.05, 0.1) is 16.3 Å². The second-order valence-corrected chi connectivity index (χ2v) is 5.33. The van der Waals surface area contributed by atoms with Crippen molar-refractivity contribution in [2.24, 2.45) is 0 Å². The zero-order chi connectivity index (χ0) is 15.4. The average Bonchev–Trinajstić information content (AvgIpc) is 2.42. The molecule has 0 unspecified atom stereocenters. The number of rotatable bonds is 4. The van der Waals surface area contributed by atoms with E-state index in [1.54, 1.807) is 12.1 Å². The largest absolute Gasteiger partial charge is 0.382 e. The van der Waals surface area contributed by atoms with Gasteiger partial charge in [0.25, 0.3) is 5.91 Å². The van der Waals surface area contributed by atoms with E-state index in [0.717, 1.165) is 5.69 Å². The van der Waals surface area contributed by atoms with Gasteiger partial charge in [0.2, 0.25) is 0 Å². The monoisotopic (exact) mass is 306 g/mol. The Morgan fingerprint density at radius 2 is 1.86 bits per heavy atom. The summed E-state index contributed by atoms with van der Waals surface area (Å²) in [6.07, 6.45) is 0. The van der Waals surface area contributed by atoms with Gasteiger partial charge in [-0.05, 0) is 44.2 Å². The Morgan fingerprint density at radius 3 is 2.57 bits per heavy atom. The minimum Gasteiger partial charge on any atom is -0.382 e. The van der Waals surface area contributed by atoms with E-state index in [0.29, 0.717) is 10.6 Å². The van der Waals surface area contributed by atoms with Crippen molar-refractivity contribution in [3.8, 4) is 0 Å². The number of benzene rings is 2. The van der Waals surface area contributed by atoms with E-state index in [1.165, 1.54) is 18.2 Å². The number of hydrogen-bond donors (Lipinski definition) is 2. The standard InChI is InChI=1S/C16H16ClFN2O/c1-10(2)19-14-6-4-3-5-12(14)16(21)20-15-9-11(18)7-8-13(15)17/h3-10,19H,1-2H3,(H,20,21). The van der Waals surface area contributed by atoms with E-state index in [2.05, 4.69) is 10.6 Å². The molecule has 0 fully saturated rings. The normalized spacial score (nSPS) is 10.5. The Bertz CT molecular complexity index is 658. The molecule has 0 aliphatic carbocycles. The van der Waals surface area contributed by atoms with Crippen molar-refractivity contribution in [1.29, 1.82) is 0 Å². The smallest absolute Gasteiger partial charge is 0.257 e. The molecule has 5 heteroatoms. The molecule has 3 nitrogen and oxygen atoms in total. The molecule has 0 aromatic heterocycles. The van der Waals surface area contributed by atoms with E-state index >= 15 is 0 Å². The van der Waals surface area contributed by atoms with Gasteiger partial charge in [-0.15, -0.1) is 0 Å². The fourth-order valence-electron chi connectivity index (χ4n) is 1.90. The van der Waals surface area contributed by atoms with Crippen molar-refractivity contribution in [2.75, 3.05) is 10.6 Å². The molecular formula is C16H16ClFN2O. The molecule has 0 saturated carbocycles. The zero-order valence-electron chi connectivity index (χ0n) is 11.8. The lowest BCUT2D eigenvalue weighted by molar-refractivity contribution is 0.102. The number of anilines is 2. The van der Waals surface area contributed by atoms with Gasteiger partial charge in [0.15, 0.2) is 0 Å². The number of para-hydroxylation sites is 1. The Hall–Kier alpha value is -2.07. The van der Waals surface area contributed by atoms with Crippen LogP contribution >= 0.6 is 11.6 Å². The fourth-order valence-corrected chi connectivity index (χ4v) is 2.07. The molecule has 1 amide bonds. The maximum atomic E-state index is 13.2. The first-order valence-corrected chi connectivity index (χ1v) is 6.97. The van der Waals surface area contributed by atoms with Crippen LogP contribution < -0.4 is 10.6 Å². The zero-order valence-corrected chi connectivity index (χ0v) is 12.5. The number of carbonyl (C=O) groups is 1. The van der Waals surface area contributed by atoms with Gasteiger partial charge in [0, 0.05) is 11.7 Å². The van der Waals surface area contributed by atoms with Crippen molar-refractivity contribution in [2.45, 2.75) is 19.9 Å². The van der Waals surface area contributed by atoms with Gasteiger partial charge in [-0.1, -0.05) is 23.7 Å². The third-order valence-electron chi connectivity index (χ3n) is 2.79. The molecule has 0 heterocycles. The van der Waals surface area contributed by atoms with Gasteiger partial charge in [0.1, 0.15) is 5.82 Å². The molecule has 110 valence electrons. The highest BCUT2D eigenvalue weighted by molar-refractivity contribution is 6.34. The summed E-state index contributed by atoms with van der Waals surface area (Å²) in [5.41, 5.74) is 1.45. The summed E-state index contributed by atoms with van der Waals surface area (Å²) >= 11 is 5.95. The Labute approximate surface area is 128 Å². The summed E-state index contributed by atoms with van der Waals surface area (Å²) in [5.74, 6) is -0.797. The Balaban J connectivity index is 2.26. The molecule has 0 aliphatic rings. The Kier molecular flexibility index (Phi) is 4.81. The lowest BCUT2D eigenvalue weighted by Gasteiger charge is -2.15. The van der Waals surface area contributed by atoms with Crippen LogP contribution in [0, 0.1) is 5.82 Å². The first-order chi connectivity index (χ1) is 9.97. The summed E-state index contributed by atoms with van der Waals surface area (Å²) < 4.78 is 13.2. The predicted octanol–water partition coefficient (Wildman–Crippen LogP) is 4.55. The van der Waals surface area contributed by atoms with Crippen molar-refractivity contribution >= 4 is 28.9 Å². The molecule has 0 radical (unpaired) electrons. The van der Waals surface area contributed by atoms with Crippen LogP contribution in [-0.4, -0.2) is 11.9 Å². The first kappa shape index (κ1) is 15.3. The molecule has 0 aliphatic heterocycles. The molecule has 21 heavy (non-hydrogen) atoms. The van der Waals surface area contributed by atoms with Gasteiger partial charge in [-0.2, -0.15) is 0 Å². The second-order valence-electron chi connectivity index (χ2n) is 4.92. The summed E-state index contributed by atoms with van der Waals surface area (Å²) in [6.45, 7) is 3.97. The topological polar surface area (TPSA) is 41.1 Å². The molecule has 0 bridgehead atoms. The van der Waals surface area contributed by atoms with Gasteiger partial charge < -0.3 is 10.6 Å². The molecule has 2 rings (SSSR count). The van der Waals surface area contributed by atoms with Crippen LogP contribution in [0.4, 0.5) is 15.8 Å². The number of halogens is 2. The van der Waals surface area contributed by atoms with Crippen LogP contribution in [0.25, 0.3) is 0 Å². The Morgan fingerprint density at radius 1 is 1.14 bits per heavy atom. The number of carbonyl (C=O) groups excluding carboxylic acids is 1. The van der Waals surface area contributed by atoms with E-state index in [9.17, 15) is 9.18 Å². The number of nitrogens with one attached hydrogen (secondary N) is 2.